The third-order valence-corrected chi connectivity index (χ3v) is 4.99. The van der Waals surface area contributed by atoms with E-state index in [1.165, 1.54) is 0 Å². The summed E-state index contributed by atoms with van der Waals surface area (Å²) in [6.45, 7) is 5.34. The van der Waals surface area contributed by atoms with Crippen LogP contribution in [0.5, 0.6) is 0 Å². The summed E-state index contributed by atoms with van der Waals surface area (Å²) in [5, 5.41) is 13.4. The summed E-state index contributed by atoms with van der Waals surface area (Å²) in [7, 11) is 0. The molecule has 0 spiro atoms. The molecule has 0 N–H and O–H groups in total. The maximum atomic E-state index is 6.29. The Balaban J connectivity index is 1.75. The summed E-state index contributed by atoms with van der Waals surface area (Å²) in [5.74, 6) is 2.12. The van der Waals surface area contributed by atoms with Gasteiger partial charge in [0.25, 0.3) is 0 Å². The Morgan fingerprint density at radius 3 is 2.93 bits per heavy atom. The van der Waals surface area contributed by atoms with Crippen LogP contribution in [0.25, 0.3) is 28.5 Å². The van der Waals surface area contributed by atoms with Crippen LogP contribution in [0, 0.1) is 6.92 Å². The highest BCUT2D eigenvalue weighted by atomic mass is 35.5. The van der Waals surface area contributed by atoms with Crippen LogP contribution in [0.3, 0.4) is 0 Å². The molecule has 8 nitrogen and oxygen atoms in total. The maximum Gasteiger partial charge on any atom is 0.187 e. The molecule has 3 aromatic heterocycles. The Morgan fingerprint density at radius 2 is 2.14 bits per heavy atom. The average Bonchev–Trinajstić information content (AvgIpc) is 3.38. The van der Waals surface area contributed by atoms with Crippen LogP contribution in [0.2, 0.25) is 5.02 Å². The summed E-state index contributed by atoms with van der Waals surface area (Å²) in [6.07, 6.45) is 1.79. The molecule has 0 aliphatic carbocycles. The molecule has 1 aliphatic heterocycles. The van der Waals surface area contributed by atoms with Gasteiger partial charge in [0.1, 0.15) is 18.6 Å². The van der Waals surface area contributed by atoms with E-state index in [1.54, 1.807) is 6.33 Å². The molecule has 0 saturated heterocycles. The molecule has 1 aliphatic rings. The summed E-state index contributed by atoms with van der Waals surface area (Å²) in [5.41, 5.74) is 4.32. The summed E-state index contributed by atoms with van der Waals surface area (Å²) in [4.78, 5) is 4.60. The van der Waals surface area contributed by atoms with E-state index in [0.29, 0.717) is 30.5 Å². The Labute approximate surface area is 165 Å². The Hall–Kier alpha value is -2.97. The third kappa shape index (κ3) is 2.64. The first kappa shape index (κ1) is 17.2. The van der Waals surface area contributed by atoms with Gasteiger partial charge in [0, 0.05) is 23.3 Å². The zero-order valence-electron chi connectivity index (χ0n) is 15.4. The Bertz CT molecular complexity index is 1180. The van der Waals surface area contributed by atoms with Gasteiger partial charge in [-0.3, -0.25) is 4.57 Å². The molecule has 0 amide bonds. The highest BCUT2D eigenvalue weighted by Crippen LogP contribution is 2.36. The molecule has 0 unspecified atom stereocenters. The van der Waals surface area contributed by atoms with Crippen molar-refractivity contribution >= 4 is 11.6 Å². The van der Waals surface area contributed by atoms with Crippen LogP contribution in [0.1, 0.15) is 24.1 Å². The number of benzene rings is 1. The molecule has 0 radical (unpaired) electrons. The Kier molecular flexibility index (Phi) is 4.03. The highest BCUT2D eigenvalue weighted by Gasteiger charge is 2.27. The second-order valence-electron chi connectivity index (χ2n) is 6.57. The zero-order chi connectivity index (χ0) is 19.3. The van der Waals surface area contributed by atoms with Crippen molar-refractivity contribution in [2.45, 2.75) is 27.0 Å². The minimum absolute atomic E-state index is 0.379. The van der Waals surface area contributed by atoms with Crippen molar-refractivity contribution in [3.8, 4) is 28.5 Å². The van der Waals surface area contributed by atoms with Gasteiger partial charge in [0.15, 0.2) is 17.4 Å². The minimum atomic E-state index is 0.379. The van der Waals surface area contributed by atoms with E-state index in [-0.39, 0.29) is 0 Å². The van der Waals surface area contributed by atoms with Crippen molar-refractivity contribution in [3.63, 3.8) is 0 Å². The van der Waals surface area contributed by atoms with Crippen LogP contribution in [-0.4, -0.2) is 36.1 Å². The molecule has 9 heteroatoms. The van der Waals surface area contributed by atoms with Gasteiger partial charge in [-0.15, -0.1) is 10.2 Å². The molecular formula is C19H17ClN6O2. The predicted molar refractivity (Wildman–Crippen MR) is 102 cm³/mol. The molecule has 28 heavy (non-hydrogen) atoms. The van der Waals surface area contributed by atoms with Gasteiger partial charge in [-0.25, -0.2) is 4.98 Å². The van der Waals surface area contributed by atoms with Crippen LogP contribution in [-0.2, 0) is 17.9 Å². The van der Waals surface area contributed by atoms with Crippen molar-refractivity contribution in [1.82, 2.24) is 29.5 Å². The lowest BCUT2D eigenvalue weighted by atomic mass is 10.1. The molecule has 4 heterocycles. The minimum Gasteiger partial charge on any atom is -0.374 e. The number of halogens is 1. The van der Waals surface area contributed by atoms with E-state index in [0.717, 1.165) is 40.0 Å². The lowest BCUT2D eigenvalue weighted by molar-refractivity contribution is 0.125. The summed E-state index contributed by atoms with van der Waals surface area (Å²) in [6, 6.07) is 7.60. The van der Waals surface area contributed by atoms with E-state index in [9.17, 15) is 0 Å². The second-order valence-corrected chi connectivity index (χ2v) is 7.00. The number of hydrogen-bond acceptors (Lipinski definition) is 6. The quantitative estimate of drug-likeness (QED) is 0.461. The first-order valence-corrected chi connectivity index (χ1v) is 9.33. The van der Waals surface area contributed by atoms with Crippen LogP contribution >= 0.6 is 11.6 Å². The maximum absolute atomic E-state index is 6.29. The van der Waals surface area contributed by atoms with Crippen LogP contribution < -0.4 is 0 Å². The molecule has 0 saturated carbocycles. The highest BCUT2D eigenvalue weighted by molar-refractivity contribution is 6.31. The monoisotopic (exact) mass is 396 g/mol. The first-order valence-electron chi connectivity index (χ1n) is 8.95. The topological polar surface area (TPSA) is 83.8 Å². The standard InChI is InChI=1S/C19H17ClN6O2/c1-3-27-9-17-22-23-19-13-7-12(20)4-5-14(13)26-10-21-18(15(26)8-25(17)19)16-6-11(2)24-28-16/h4-7,10H,3,8-9H2,1-2H3. The van der Waals surface area contributed by atoms with Gasteiger partial charge in [-0.2, -0.15) is 0 Å². The van der Waals surface area contributed by atoms with E-state index < -0.39 is 0 Å². The Morgan fingerprint density at radius 1 is 1.25 bits per heavy atom. The second kappa shape index (κ2) is 6.57. The molecule has 0 atom stereocenters. The molecule has 4 aromatic rings. The van der Waals surface area contributed by atoms with Gasteiger partial charge >= 0.3 is 0 Å². The molecule has 5 rings (SSSR count). The van der Waals surface area contributed by atoms with E-state index in [1.807, 2.05) is 47.2 Å². The third-order valence-electron chi connectivity index (χ3n) is 4.76. The first-order chi connectivity index (χ1) is 13.7. The van der Waals surface area contributed by atoms with Crippen molar-refractivity contribution in [3.05, 3.63) is 52.8 Å². The number of imidazole rings is 1. The lowest BCUT2D eigenvalue weighted by Crippen LogP contribution is -2.09. The van der Waals surface area contributed by atoms with Gasteiger partial charge in [-0.1, -0.05) is 16.8 Å². The van der Waals surface area contributed by atoms with Gasteiger partial charge < -0.3 is 13.8 Å². The number of rotatable bonds is 4. The lowest BCUT2D eigenvalue weighted by Gasteiger charge is -2.09. The van der Waals surface area contributed by atoms with E-state index in [2.05, 4.69) is 20.3 Å². The molecular weight excluding hydrogens is 380 g/mol. The smallest absolute Gasteiger partial charge is 0.187 e. The van der Waals surface area contributed by atoms with E-state index >= 15 is 0 Å². The fraction of sp³-hybridized carbons (Fsp3) is 0.263. The van der Waals surface area contributed by atoms with Gasteiger partial charge in [0.05, 0.1) is 23.6 Å². The largest absolute Gasteiger partial charge is 0.374 e. The van der Waals surface area contributed by atoms with E-state index in [4.69, 9.17) is 20.9 Å². The number of aromatic nitrogens is 6. The van der Waals surface area contributed by atoms with Crippen LogP contribution in [0.4, 0.5) is 0 Å². The average molecular weight is 397 g/mol. The van der Waals surface area contributed by atoms with Crippen molar-refractivity contribution in [2.24, 2.45) is 0 Å². The van der Waals surface area contributed by atoms with Gasteiger partial charge in [-0.05, 0) is 32.0 Å². The fourth-order valence-corrected chi connectivity index (χ4v) is 3.63. The fourth-order valence-electron chi connectivity index (χ4n) is 3.46. The van der Waals surface area contributed by atoms with Crippen LogP contribution in [0.15, 0.2) is 35.1 Å². The molecule has 0 bridgehead atoms. The predicted octanol–water partition coefficient (Wildman–Crippen LogP) is 3.65. The number of hydrogen-bond donors (Lipinski definition) is 0. The normalized spacial score (nSPS) is 12.4. The number of aryl methyl sites for hydroxylation is 1. The molecule has 1 aromatic carbocycles. The SMILES string of the molecule is CCOCc1nnc2n1Cc1c(-c3cc(C)no3)ncn1-c1ccc(Cl)cc1-2. The van der Waals surface area contributed by atoms with Crippen molar-refractivity contribution < 1.29 is 9.26 Å². The van der Waals surface area contributed by atoms with Crippen molar-refractivity contribution in [1.29, 1.82) is 0 Å². The number of nitrogens with zero attached hydrogens (tertiary/aromatic N) is 6. The molecule has 142 valence electrons. The zero-order valence-corrected chi connectivity index (χ0v) is 16.1. The summed E-state index contributed by atoms with van der Waals surface area (Å²) >= 11 is 6.29. The van der Waals surface area contributed by atoms with Gasteiger partial charge in [0.2, 0.25) is 0 Å². The van der Waals surface area contributed by atoms with Crippen molar-refractivity contribution in [2.75, 3.05) is 6.61 Å². The summed E-state index contributed by atoms with van der Waals surface area (Å²) < 4.78 is 15.1. The number of fused-ring (bicyclic) bond motifs is 5. The number of ether oxygens (including phenoxy) is 1. The molecule has 0 fully saturated rings.